The van der Waals surface area contributed by atoms with Gasteiger partial charge in [0.2, 0.25) is 0 Å². The fourth-order valence-corrected chi connectivity index (χ4v) is 2.30. The quantitative estimate of drug-likeness (QED) is 0.846. The minimum Gasteiger partial charge on any atom is -0.477 e. The lowest BCUT2D eigenvalue weighted by molar-refractivity contribution is 0.0694. The van der Waals surface area contributed by atoms with Gasteiger partial charge < -0.3 is 10.8 Å². The normalized spacial score (nSPS) is 10.6. The molecule has 1 aromatic carbocycles. The second kappa shape index (κ2) is 4.91. The summed E-state index contributed by atoms with van der Waals surface area (Å²) in [7, 11) is 0. The average Bonchev–Trinajstić information content (AvgIpc) is 2.66. The Morgan fingerprint density at radius 2 is 2.28 bits per heavy atom. The Labute approximate surface area is 113 Å². The van der Waals surface area contributed by atoms with Gasteiger partial charge in [-0.25, -0.2) is 9.48 Å². The lowest BCUT2D eigenvalue weighted by atomic mass is 10.3. The summed E-state index contributed by atoms with van der Waals surface area (Å²) < 4.78 is 1.38. The number of hydrogen-bond acceptors (Lipinski definition) is 4. The van der Waals surface area contributed by atoms with Crippen molar-refractivity contribution in [2.24, 2.45) is 0 Å². The molecule has 0 bridgehead atoms. The first kappa shape index (κ1) is 12.8. The minimum atomic E-state index is -1.09. The lowest BCUT2D eigenvalue weighted by Gasteiger charge is -2.04. The zero-order chi connectivity index (χ0) is 13.3. The van der Waals surface area contributed by atoms with Crippen LogP contribution in [-0.4, -0.2) is 27.1 Å². The summed E-state index contributed by atoms with van der Waals surface area (Å²) in [6.07, 6.45) is 1.75. The van der Waals surface area contributed by atoms with Crippen molar-refractivity contribution in [3.63, 3.8) is 0 Å². The molecule has 2 rings (SSSR count). The Balaban J connectivity index is 2.63. The molecule has 94 valence electrons. The van der Waals surface area contributed by atoms with E-state index < -0.39 is 5.97 Å². The third-order valence-corrected chi connectivity index (χ3v) is 3.26. The van der Waals surface area contributed by atoms with E-state index in [-0.39, 0.29) is 11.4 Å². The Kier molecular flexibility index (Phi) is 3.49. The molecule has 0 atom stereocenters. The van der Waals surface area contributed by atoms with Crippen LogP contribution in [0.15, 0.2) is 29.3 Å². The number of nitrogen functional groups attached to an aromatic ring is 1. The highest BCUT2D eigenvalue weighted by Gasteiger charge is 2.21. The highest BCUT2D eigenvalue weighted by atomic mass is 35.5. The van der Waals surface area contributed by atoms with Crippen molar-refractivity contribution in [1.29, 1.82) is 0 Å². The van der Waals surface area contributed by atoms with Gasteiger partial charge in [0.15, 0.2) is 0 Å². The Hall–Kier alpha value is -1.66. The zero-order valence-electron chi connectivity index (χ0n) is 9.42. The fraction of sp³-hybridized carbons (Fsp3) is 0.0909. The Bertz CT molecular complexity index is 612. The number of carboxylic acids is 1. The summed E-state index contributed by atoms with van der Waals surface area (Å²) in [6.45, 7) is 0. The molecule has 5 nitrogen and oxygen atoms in total. The minimum absolute atomic E-state index is 0.0162. The van der Waals surface area contributed by atoms with E-state index in [1.165, 1.54) is 16.4 Å². The van der Waals surface area contributed by atoms with Gasteiger partial charge in [-0.15, -0.1) is 11.8 Å². The van der Waals surface area contributed by atoms with E-state index in [2.05, 4.69) is 5.10 Å². The van der Waals surface area contributed by atoms with Crippen LogP contribution in [0.2, 0.25) is 5.02 Å². The molecule has 0 spiro atoms. The van der Waals surface area contributed by atoms with Crippen molar-refractivity contribution in [2.75, 3.05) is 12.0 Å². The number of hydrogen-bond donors (Lipinski definition) is 2. The molecular weight excluding hydrogens is 274 g/mol. The van der Waals surface area contributed by atoms with Crippen molar-refractivity contribution in [1.82, 2.24) is 9.78 Å². The molecule has 18 heavy (non-hydrogen) atoms. The van der Waals surface area contributed by atoms with Crippen molar-refractivity contribution in [3.8, 4) is 5.69 Å². The third kappa shape index (κ3) is 2.16. The van der Waals surface area contributed by atoms with Crippen LogP contribution in [0.25, 0.3) is 5.69 Å². The fourth-order valence-electron chi connectivity index (χ4n) is 1.56. The largest absolute Gasteiger partial charge is 0.477 e. The highest BCUT2D eigenvalue weighted by molar-refractivity contribution is 7.98. The van der Waals surface area contributed by atoms with Crippen LogP contribution in [-0.2, 0) is 0 Å². The molecular formula is C11H10ClN3O2S. The number of halogens is 1. The van der Waals surface area contributed by atoms with Crippen molar-refractivity contribution < 1.29 is 9.90 Å². The van der Waals surface area contributed by atoms with Crippen LogP contribution in [0.4, 0.5) is 5.82 Å². The molecule has 1 aromatic heterocycles. The number of anilines is 1. The summed E-state index contributed by atoms with van der Waals surface area (Å²) >= 11 is 7.12. The second-order valence-corrected chi connectivity index (χ2v) is 4.70. The summed E-state index contributed by atoms with van der Waals surface area (Å²) in [5.74, 6) is -1.00. The highest BCUT2D eigenvalue weighted by Crippen LogP contribution is 2.27. The third-order valence-electron chi connectivity index (χ3n) is 2.35. The summed E-state index contributed by atoms with van der Waals surface area (Å²) in [5.41, 5.74) is 6.47. The van der Waals surface area contributed by atoms with Gasteiger partial charge in [0, 0.05) is 5.02 Å². The molecule has 0 saturated heterocycles. The van der Waals surface area contributed by atoms with Crippen molar-refractivity contribution in [3.05, 3.63) is 34.9 Å². The molecule has 0 radical (unpaired) electrons. The van der Waals surface area contributed by atoms with Crippen LogP contribution in [0.3, 0.4) is 0 Å². The number of nitrogens with two attached hydrogens (primary N) is 1. The van der Waals surface area contributed by atoms with E-state index in [1.54, 1.807) is 30.5 Å². The van der Waals surface area contributed by atoms with Gasteiger partial charge in [-0.3, -0.25) is 0 Å². The molecule has 0 aliphatic carbocycles. The molecule has 0 amide bonds. The van der Waals surface area contributed by atoms with E-state index >= 15 is 0 Å². The number of nitrogens with zero attached hydrogens (tertiary/aromatic N) is 2. The number of benzene rings is 1. The van der Waals surface area contributed by atoms with E-state index in [9.17, 15) is 4.79 Å². The number of rotatable bonds is 3. The van der Waals surface area contributed by atoms with E-state index in [4.69, 9.17) is 22.4 Å². The van der Waals surface area contributed by atoms with Gasteiger partial charge in [0.05, 0.1) is 5.69 Å². The van der Waals surface area contributed by atoms with Crippen molar-refractivity contribution in [2.45, 2.75) is 5.03 Å². The van der Waals surface area contributed by atoms with Crippen LogP contribution < -0.4 is 5.73 Å². The molecule has 3 N–H and O–H groups in total. The first-order valence-electron chi connectivity index (χ1n) is 4.96. The first-order chi connectivity index (χ1) is 8.54. The maximum absolute atomic E-state index is 11.1. The lowest BCUT2D eigenvalue weighted by Crippen LogP contribution is -2.05. The molecule has 2 aromatic rings. The SMILES string of the molecule is CSc1nn(-c2cccc(Cl)c2)c(N)c1C(=O)O. The van der Waals surface area contributed by atoms with Gasteiger partial charge in [0.1, 0.15) is 16.4 Å². The van der Waals surface area contributed by atoms with E-state index in [1.807, 2.05) is 0 Å². The van der Waals surface area contributed by atoms with Crippen LogP contribution >= 0.6 is 23.4 Å². The molecule has 0 unspecified atom stereocenters. The standard InChI is InChI=1S/C11H10ClN3O2S/c1-18-10-8(11(16)17)9(13)15(14-10)7-4-2-3-6(12)5-7/h2-5H,13H2,1H3,(H,16,17). The molecule has 7 heteroatoms. The monoisotopic (exact) mass is 283 g/mol. The van der Waals surface area contributed by atoms with Gasteiger partial charge in [-0.1, -0.05) is 17.7 Å². The number of carbonyl (C=O) groups is 1. The van der Waals surface area contributed by atoms with Crippen LogP contribution in [0.1, 0.15) is 10.4 Å². The van der Waals surface area contributed by atoms with Gasteiger partial charge in [-0.05, 0) is 24.5 Å². The molecule has 0 saturated carbocycles. The Morgan fingerprint density at radius 1 is 1.56 bits per heavy atom. The maximum atomic E-state index is 11.1. The molecule has 1 heterocycles. The molecule has 0 aliphatic rings. The van der Waals surface area contributed by atoms with E-state index in [0.717, 1.165) is 0 Å². The summed E-state index contributed by atoms with van der Waals surface area (Å²) in [4.78, 5) is 11.1. The van der Waals surface area contributed by atoms with E-state index in [0.29, 0.717) is 15.7 Å². The predicted molar refractivity (Wildman–Crippen MR) is 71.7 cm³/mol. The number of aromatic nitrogens is 2. The molecule has 0 fully saturated rings. The summed E-state index contributed by atoms with van der Waals surface area (Å²) in [6, 6.07) is 6.89. The van der Waals surface area contributed by atoms with Crippen molar-refractivity contribution >= 4 is 35.1 Å². The van der Waals surface area contributed by atoms with Gasteiger partial charge in [0.25, 0.3) is 0 Å². The zero-order valence-corrected chi connectivity index (χ0v) is 11.0. The first-order valence-corrected chi connectivity index (χ1v) is 6.56. The number of carboxylic acid groups (broad SMARTS) is 1. The van der Waals surface area contributed by atoms with Crippen LogP contribution in [0.5, 0.6) is 0 Å². The smallest absolute Gasteiger partial charge is 0.342 e. The average molecular weight is 284 g/mol. The van der Waals surface area contributed by atoms with Gasteiger partial charge >= 0.3 is 5.97 Å². The van der Waals surface area contributed by atoms with Gasteiger partial charge in [-0.2, -0.15) is 5.10 Å². The Morgan fingerprint density at radius 3 is 2.78 bits per heavy atom. The predicted octanol–water partition coefficient (Wildman–Crippen LogP) is 2.53. The second-order valence-electron chi connectivity index (χ2n) is 3.47. The topological polar surface area (TPSA) is 81.1 Å². The molecule has 0 aliphatic heterocycles. The van der Waals surface area contributed by atoms with Crippen LogP contribution in [0, 0.1) is 0 Å². The maximum Gasteiger partial charge on any atom is 0.342 e. The number of thioether (sulfide) groups is 1. The number of aromatic carboxylic acids is 1. The summed E-state index contributed by atoms with van der Waals surface area (Å²) in [5, 5.41) is 14.2.